The molecule has 0 bridgehead atoms. The summed E-state index contributed by atoms with van der Waals surface area (Å²) in [6.45, 7) is 1.16. The van der Waals surface area contributed by atoms with Crippen LogP contribution in [-0.4, -0.2) is 33.7 Å². The standard InChI is InChI=1S/C12H11N3O5/c1-7-13-11(15-20-7)12(18)14-8-2-4-9(5-3-8)19-6-10(16)17/h2-5H,6H2,1H3,(H,14,18)(H,16,17). The third-order valence-electron chi connectivity index (χ3n) is 2.21. The number of carbonyl (C=O) groups is 2. The number of carboxylic acid groups (broad SMARTS) is 1. The number of benzene rings is 1. The molecule has 1 aromatic carbocycles. The average molecular weight is 277 g/mol. The molecule has 20 heavy (non-hydrogen) atoms. The molecule has 0 atom stereocenters. The monoisotopic (exact) mass is 277 g/mol. The molecule has 0 spiro atoms. The minimum atomic E-state index is -1.06. The van der Waals surface area contributed by atoms with E-state index < -0.39 is 18.5 Å². The summed E-state index contributed by atoms with van der Waals surface area (Å²) in [5.41, 5.74) is 0.500. The number of nitrogens with zero attached hydrogens (tertiary/aromatic N) is 2. The lowest BCUT2D eigenvalue weighted by molar-refractivity contribution is -0.139. The molecule has 8 heteroatoms. The second-order valence-electron chi connectivity index (χ2n) is 3.80. The van der Waals surface area contributed by atoms with Gasteiger partial charge in [-0.2, -0.15) is 4.98 Å². The topological polar surface area (TPSA) is 115 Å². The van der Waals surface area contributed by atoms with E-state index in [-0.39, 0.29) is 5.82 Å². The lowest BCUT2D eigenvalue weighted by Crippen LogP contribution is -2.13. The van der Waals surface area contributed by atoms with E-state index in [0.29, 0.717) is 17.3 Å². The van der Waals surface area contributed by atoms with Crippen LogP contribution >= 0.6 is 0 Å². The lowest BCUT2D eigenvalue weighted by Gasteiger charge is -2.05. The van der Waals surface area contributed by atoms with Gasteiger partial charge in [0.25, 0.3) is 11.7 Å². The molecule has 0 saturated heterocycles. The van der Waals surface area contributed by atoms with E-state index in [1.165, 1.54) is 0 Å². The molecule has 1 heterocycles. The van der Waals surface area contributed by atoms with Gasteiger partial charge in [0.2, 0.25) is 5.89 Å². The van der Waals surface area contributed by atoms with E-state index in [9.17, 15) is 9.59 Å². The number of nitrogens with one attached hydrogen (secondary N) is 1. The SMILES string of the molecule is Cc1nc(C(=O)Nc2ccc(OCC(=O)O)cc2)no1. The first kappa shape index (κ1) is 13.5. The molecule has 104 valence electrons. The Kier molecular flexibility index (Phi) is 3.94. The first-order chi connectivity index (χ1) is 9.54. The zero-order chi connectivity index (χ0) is 14.5. The van der Waals surface area contributed by atoms with Gasteiger partial charge in [0.15, 0.2) is 6.61 Å². The van der Waals surface area contributed by atoms with Gasteiger partial charge in [-0.1, -0.05) is 5.16 Å². The number of aryl methyl sites for hydroxylation is 1. The van der Waals surface area contributed by atoms with Gasteiger partial charge in [0.05, 0.1) is 0 Å². The highest BCUT2D eigenvalue weighted by molar-refractivity contribution is 6.01. The quantitative estimate of drug-likeness (QED) is 0.840. The van der Waals surface area contributed by atoms with Crippen molar-refractivity contribution in [3.05, 3.63) is 36.0 Å². The van der Waals surface area contributed by atoms with Gasteiger partial charge in [-0.25, -0.2) is 4.79 Å². The predicted octanol–water partition coefficient (Wildman–Crippen LogP) is 1.09. The molecule has 2 aromatic rings. The lowest BCUT2D eigenvalue weighted by atomic mass is 10.3. The molecule has 0 aliphatic rings. The van der Waals surface area contributed by atoms with Crippen molar-refractivity contribution in [2.45, 2.75) is 6.92 Å². The zero-order valence-corrected chi connectivity index (χ0v) is 10.5. The molecule has 8 nitrogen and oxygen atoms in total. The Bertz CT molecular complexity index is 620. The van der Waals surface area contributed by atoms with Crippen molar-refractivity contribution >= 4 is 17.6 Å². The minimum absolute atomic E-state index is 0.0614. The maximum atomic E-state index is 11.7. The summed E-state index contributed by atoms with van der Waals surface area (Å²) in [6, 6.07) is 6.23. The second-order valence-corrected chi connectivity index (χ2v) is 3.80. The summed E-state index contributed by atoms with van der Waals surface area (Å²) in [6.07, 6.45) is 0. The first-order valence-corrected chi connectivity index (χ1v) is 5.61. The number of rotatable bonds is 5. The van der Waals surface area contributed by atoms with Crippen LogP contribution < -0.4 is 10.1 Å². The molecule has 2 N–H and O–H groups in total. The Hall–Kier alpha value is -2.90. The molecule has 1 amide bonds. The van der Waals surface area contributed by atoms with Crippen LogP contribution in [0.25, 0.3) is 0 Å². The number of hydrogen-bond donors (Lipinski definition) is 2. The van der Waals surface area contributed by atoms with Gasteiger partial charge >= 0.3 is 5.97 Å². The number of anilines is 1. The number of carbonyl (C=O) groups excluding carboxylic acids is 1. The average Bonchev–Trinajstić information content (AvgIpc) is 2.85. The van der Waals surface area contributed by atoms with Crippen molar-refractivity contribution < 1.29 is 24.0 Å². The van der Waals surface area contributed by atoms with Crippen LogP contribution in [0.15, 0.2) is 28.8 Å². The summed E-state index contributed by atoms with van der Waals surface area (Å²) < 4.78 is 9.66. The van der Waals surface area contributed by atoms with E-state index in [1.54, 1.807) is 31.2 Å². The van der Waals surface area contributed by atoms with Gasteiger partial charge in [0.1, 0.15) is 5.75 Å². The van der Waals surface area contributed by atoms with E-state index in [0.717, 1.165) is 0 Å². The highest BCUT2D eigenvalue weighted by Crippen LogP contribution is 2.16. The predicted molar refractivity (Wildman–Crippen MR) is 66.6 cm³/mol. The Morgan fingerprint density at radius 3 is 2.60 bits per heavy atom. The number of aromatic nitrogens is 2. The molecule has 1 aromatic heterocycles. The van der Waals surface area contributed by atoms with Gasteiger partial charge in [-0.15, -0.1) is 0 Å². The van der Waals surface area contributed by atoms with Crippen LogP contribution in [0.4, 0.5) is 5.69 Å². The van der Waals surface area contributed by atoms with Crippen LogP contribution in [0, 0.1) is 6.92 Å². The Morgan fingerprint density at radius 2 is 2.05 bits per heavy atom. The molecule has 2 rings (SSSR count). The van der Waals surface area contributed by atoms with Gasteiger partial charge in [0, 0.05) is 12.6 Å². The third-order valence-corrected chi connectivity index (χ3v) is 2.21. The zero-order valence-electron chi connectivity index (χ0n) is 10.5. The number of hydrogen-bond acceptors (Lipinski definition) is 6. The van der Waals surface area contributed by atoms with Gasteiger partial charge in [-0.3, -0.25) is 4.79 Å². The summed E-state index contributed by atoms with van der Waals surface area (Å²) in [4.78, 5) is 25.9. The fourth-order valence-electron chi connectivity index (χ4n) is 1.36. The van der Waals surface area contributed by atoms with Crippen molar-refractivity contribution in [3.8, 4) is 5.75 Å². The third kappa shape index (κ3) is 3.55. The van der Waals surface area contributed by atoms with Gasteiger partial charge < -0.3 is 19.7 Å². The fraction of sp³-hybridized carbons (Fsp3) is 0.167. The van der Waals surface area contributed by atoms with E-state index in [4.69, 9.17) is 14.4 Å². The van der Waals surface area contributed by atoms with Crippen molar-refractivity contribution in [2.24, 2.45) is 0 Å². The van der Waals surface area contributed by atoms with Crippen LogP contribution in [-0.2, 0) is 4.79 Å². The maximum absolute atomic E-state index is 11.7. The molecule has 0 unspecified atom stereocenters. The summed E-state index contributed by atoms with van der Waals surface area (Å²) in [7, 11) is 0. The molecular weight excluding hydrogens is 266 g/mol. The van der Waals surface area contributed by atoms with Crippen molar-refractivity contribution in [1.82, 2.24) is 10.1 Å². The molecule has 0 aliphatic heterocycles. The van der Waals surface area contributed by atoms with Gasteiger partial charge in [-0.05, 0) is 24.3 Å². The van der Waals surface area contributed by atoms with Crippen molar-refractivity contribution in [2.75, 3.05) is 11.9 Å². The molecule has 0 aliphatic carbocycles. The Labute approximate surface area is 113 Å². The van der Waals surface area contributed by atoms with Crippen LogP contribution in [0.5, 0.6) is 5.75 Å². The van der Waals surface area contributed by atoms with Crippen molar-refractivity contribution in [1.29, 1.82) is 0 Å². The van der Waals surface area contributed by atoms with Crippen LogP contribution in [0.3, 0.4) is 0 Å². The number of ether oxygens (including phenoxy) is 1. The molecular formula is C12H11N3O5. The first-order valence-electron chi connectivity index (χ1n) is 5.61. The summed E-state index contributed by atoms with van der Waals surface area (Å²) >= 11 is 0. The number of aliphatic carboxylic acids is 1. The highest BCUT2D eigenvalue weighted by Gasteiger charge is 2.12. The van der Waals surface area contributed by atoms with Crippen LogP contribution in [0.2, 0.25) is 0 Å². The largest absolute Gasteiger partial charge is 0.482 e. The smallest absolute Gasteiger partial charge is 0.341 e. The molecule has 0 saturated carbocycles. The fourth-order valence-corrected chi connectivity index (χ4v) is 1.36. The second kappa shape index (κ2) is 5.83. The van der Waals surface area contributed by atoms with E-state index in [2.05, 4.69) is 15.5 Å². The highest BCUT2D eigenvalue weighted by atomic mass is 16.5. The summed E-state index contributed by atoms with van der Waals surface area (Å²) in [5.74, 6) is -0.932. The van der Waals surface area contributed by atoms with Crippen LogP contribution in [0.1, 0.15) is 16.5 Å². The molecule has 0 fully saturated rings. The Morgan fingerprint density at radius 1 is 1.35 bits per heavy atom. The van der Waals surface area contributed by atoms with Crippen molar-refractivity contribution in [3.63, 3.8) is 0 Å². The minimum Gasteiger partial charge on any atom is -0.482 e. The summed E-state index contributed by atoms with van der Waals surface area (Å²) in [5, 5.41) is 14.5. The maximum Gasteiger partial charge on any atom is 0.341 e. The normalized spacial score (nSPS) is 10.1. The molecule has 0 radical (unpaired) electrons. The number of carboxylic acids is 1. The number of amides is 1. The van der Waals surface area contributed by atoms with E-state index >= 15 is 0 Å². The Balaban J connectivity index is 1.96. The van der Waals surface area contributed by atoms with E-state index in [1.807, 2.05) is 0 Å².